The first-order valence-electron chi connectivity index (χ1n) is 6.40. The lowest BCUT2D eigenvalue weighted by Crippen LogP contribution is -2.26. The van der Waals surface area contributed by atoms with Gasteiger partial charge in [0.15, 0.2) is 5.82 Å². The predicted octanol–water partition coefficient (Wildman–Crippen LogP) is 2.10. The zero-order valence-electron chi connectivity index (χ0n) is 11.1. The number of carbonyl (C=O) groups excluding carboxylic acids is 1. The van der Waals surface area contributed by atoms with Gasteiger partial charge in [-0.2, -0.15) is 5.26 Å². The van der Waals surface area contributed by atoms with Gasteiger partial charge in [-0.25, -0.2) is 8.78 Å². The summed E-state index contributed by atoms with van der Waals surface area (Å²) >= 11 is 0. The molecule has 1 aromatic rings. The fourth-order valence-corrected chi connectivity index (χ4v) is 2.15. The zero-order chi connectivity index (χ0) is 15.4. The molecule has 0 saturated heterocycles. The zero-order valence-corrected chi connectivity index (χ0v) is 11.1. The van der Waals surface area contributed by atoms with E-state index in [0.717, 1.165) is 10.6 Å². The lowest BCUT2D eigenvalue weighted by Gasteiger charge is -2.12. The Kier molecular flexibility index (Phi) is 4.48. The molecule has 1 amide bonds. The van der Waals surface area contributed by atoms with E-state index in [-0.39, 0.29) is 21.0 Å². The molecule has 1 aliphatic carbocycles. The molecule has 0 radical (unpaired) electrons. The number of aryl methyl sites for hydroxylation is 1. The first-order chi connectivity index (χ1) is 10.0. The predicted molar refractivity (Wildman–Crippen MR) is 75.8 cm³/mol. The van der Waals surface area contributed by atoms with Crippen LogP contribution in [0, 0.1) is 29.0 Å². The fourth-order valence-electron chi connectivity index (χ4n) is 2.15. The van der Waals surface area contributed by atoms with Crippen LogP contribution in [-0.2, 0) is 11.3 Å². The van der Waals surface area contributed by atoms with Gasteiger partial charge < -0.3 is 9.88 Å². The molecule has 5 nitrogen and oxygen atoms in total. The number of rotatable bonds is 4. The van der Waals surface area contributed by atoms with E-state index in [1.165, 1.54) is 6.20 Å². The van der Waals surface area contributed by atoms with E-state index < -0.39 is 29.9 Å². The number of nitrogens with one attached hydrogen (secondary N) is 1. The van der Waals surface area contributed by atoms with Crippen LogP contribution in [0.25, 0.3) is 0 Å². The van der Waals surface area contributed by atoms with Gasteiger partial charge in [0.1, 0.15) is 6.67 Å². The molecule has 1 aliphatic rings. The molecule has 0 spiro atoms. The second kappa shape index (κ2) is 6.31. The lowest BCUT2D eigenvalue weighted by atomic mass is 10.0. The lowest BCUT2D eigenvalue weighted by molar-refractivity contribution is -0.118. The number of nitriles is 1. The van der Waals surface area contributed by atoms with Gasteiger partial charge in [0.05, 0.1) is 30.1 Å². The molecule has 2 atom stereocenters. The van der Waals surface area contributed by atoms with Crippen molar-refractivity contribution in [3.8, 4) is 6.07 Å². The van der Waals surface area contributed by atoms with Gasteiger partial charge in [-0.1, -0.05) is 12.2 Å². The summed E-state index contributed by atoms with van der Waals surface area (Å²) in [7, 11) is 0. The maximum absolute atomic E-state index is 13.4. The van der Waals surface area contributed by atoms with Crippen molar-refractivity contribution in [3.05, 3.63) is 40.6 Å². The number of halogens is 2. The molecule has 2 unspecified atom stereocenters. The van der Waals surface area contributed by atoms with Crippen LogP contribution in [0.3, 0.4) is 0 Å². The summed E-state index contributed by atoms with van der Waals surface area (Å²) in [5, 5.41) is 11.2. The third-order valence-electron chi connectivity index (χ3n) is 3.22. The van der Waals surface area contributed by atoms with E-state index in [0.29, 0.717) is 6.42 Å². The van der Waals surface area contributed by atoms with Crippen molar-refractivity contribution in [1.29, 1.82) is 5.26 Å². The molecule has 21 heavy (non-hydrogen) atoms. The van der Waals surface area contributed by atoms with Crippen LogP contribution in [0.5, 0.6) is 0 Å². The number of nitrogens with zero attached hydrogens (tertiary/aromatic N) is 2. The molecular formula is C14H17F2N3O2. The molecule has 1 heterocycles. The van der Waals surface area contributed by atoms with Crippen molar-refractivity contribution in [2.45, 2.75) is 13.0 Å². The van der Waals surface area contributed by atoms with Gasteiger partial charge in [-0.05, 0) is 6.42 Å². The van der Waals surface area contributed by atoms with Crippen LogP contribution in [0.15, 0.2) is 29.2 Å². The summed E-state index contributed by atoms with van der Waals surface area (Å²) in [6, 6.07) is 2.94. The Morgan fingerprint density at radius 1 is 1.57 bits per heavy atom. The number of alkyl halides is 1. The number of hydrogen-bond donors (Lipinski definition) is 1. The summed E-state index contributed by atoms with van der Waals surface area (Å²) in [5.41, 5.74) is -0.852. The van der Waals surface area contributed by atoms with E-state index in [4.69, 9.17) is 5.26 Å². The van der Waals surface area contributed by atoms with Crippen LogP contribution in [0.4, 0.5) is 14.5 Å². The molecule has 0 bridgehead atoms. The SMILES string of the molecule is N#CC1C=CC(C(=O)Nc2cc(F)c(=O)n(CCF)c2)C1.[HH].[HH]. The van der Waals surface area contributed by atoms with Crippen LogP contribution < -0.4 is 10.9 Å². The summed E-state index contributed by atoms with van der Waals surface area (Å²) in [5.74, 6) is -2.23. The minimum atomic E-state index is -1.06. The number of hydrogen-bond acceptors (Lipinski definition) is 3. The number of carbonyl (C=O) groups is 1. The highest BCUT2D eigenvalue weighted by Crippen LogP contribution is 2.24. The molecule has 0 aliphatic heterocycles. The smallest absolute Gasteiger partial charge is 0.286 e. The number of amides is 1. The van der Waals surface area contributed by atoms with Crippen molar-refractivity contribution in [1.82, 2.24) is 4.57 Å². The minimum Gasteiger partial charge on any atom is -0.324 e. The number of anilines is 1. The second-order valence-corrected chi connectivity index (χ2v) is 4.72. The Labute approximate surface area is 122 Å². The Morgan fingerprint density at radius 3 is 2.95 bits per heavy atom. The van der Waals surface area contributed by atoms with Crippen LogP contribution in [0.1, 0.15) is 9.27 Å². The van der Waals surface area contributed by atoms with E-state index >= 15 is 0 Å². The van der Waals surface area contributed by atoms with Gasteiger partial charge in [-0.3, -0.25) is 9.59 Å². The average Bonchev–Trinajstić information content (AvgIpc) is 2.93. The Balaban J connectivity index is 0.00000242. The first kappa shape index (κ1) is 14.9. The van der Waals surface area contributed by atoms with E-state index in [9.17, 15) is 18.4 Å². The van der Waals surface area contributed by atoms with E-state index in [1.54, 1.807) is 12.2 Å². The standard InChI is InChI=1S/C14H13F2N3O2.2H2/c15-3-4-19-8-11(6-12(16)14(19)21)18-13(20)10-2-1-9(5-10)7-17;;/h1-2,6,8-10H,3-5H2,(H,18,20);2*1H. The number of pyridine rings is 1. The highest BCUT2D eigenvalue weighted by atomic mass is 19.1. The van der Waals surface area contributed by atoms with Gasteiger partial charge in [0, 0.05) is 15.1 Å². The maximum Gasteiger partial charge on any atom is 0.286 e. The number of allylic oxidation sites excluding steroid dienone is 1. The van der Waals surface area contributed by atoms with Gasteiger partial charge >= 0.3 is 0 Å². The van der Waals surface area contributed by atoms with E-state index in [1.807, 2.05) is 6.07 Å². The quantitative estimate of drug-likeness (QED) is 0.865. The molecule has 0 fully saturated rings. The molecule has 0 aromatic carbocycles. The largest absolute Gasteiger partial charge is 0.324 e. The molecule has 7 heteroatoms. The Bertz CT molecular complexity index is 686. The molecule has 114 valence electrons. The fraction of sp³-hybridized carbons (Fsp3) is 0.357. The summed E-state index contributed by atoms with van der Waals surface area (Å²) in [4.78, 5) is 23.4. The highest BCUT2D eigenvalue weighted by Gasteiger charge is 2.25. The summed E-state index contributed by atoms with van der Waals surface area (Å²) in [6.45, 7) is -1.09. The van der Waals surface area contributed by atoms with Crippen LogP contribution >= 0.6 is 0 Å². The molecule has 0 saturated carbocycles. The van der Waals surface area contributed by atoms with Crippen molar-refractivity contribution in [2.24, 2.45) is 11.8 Å². The van der Waals surface area contributed by atoms with Crippen LogP contribution in [0.2, 0.25) is 0 Å². The van der Waals surface area contributed by atoms with Crippen molar-refractivity contribution >= 4 is 11.6 Å². The van der Waals surface area contributed by atoms with E-state index in [2.05, 4.69) is 5.32 Å². The Hall–Kier alpha value is -2.49. The normalized spacial score (nSPS) is 20.2. The second-order valence-electron chi connectivity index (χ2n) is 4.72. The monoisotopic (exact) mass is 297 g/mol. The number of aromatic nitrogens is 1. The topological polar surface area (TPSA) is 74.9 Å². The van der Waals surface area contributed by atoms with Crippen molar-refractivity contribution in [2.75, 3.05) is 12.0 Å². The molecular weight excluding hydrogens is 280 g/mol. The summed E-state index contributed by atoms with van der Waals surface area (Å²) in [6.07, 6.45) is 4.84. The minimum absolute atomic E-state index is 0. The highest BCUT2D eigenvalue weighted by molar-refractivity contribution is 5.93. The van der Waals surface area contributed by atoms with Gasteiger partial charge in [0.25, 0.3) is 5.56 Å². The summed E-state index contributed by atoms with van der Waals surface area (Å²) < 4.78 is 26.6. The first-order valence-corrected chi connectivity index (χ1v) is 6.40. The third kappa shape index (κ3) is 3.34. The molecule has 1 N–H and O–H groups in total. The molecule has 2 rings (SSSR count). The van der Waals surface area contributed by atoms with Gasteiger partial charge in [-0.15, -0.1) is 0 Å². The molecule has 1 aromatic heterocycles. The van der Waals surface area contributed by atoms with Crippen molar-refractivity contribution < 1.29 is 16.4 Å². The van der Waals surface area contributed by atoms with Crippen molar-refractivity contribution in [3.63, 3.8) is 0 Å². The van der Waals surface area contributed by atoms with Crippen LogP contribution in [-0.4, -0.2) is 17.1 Å². The third-order valence-corrected chi connectivity index (χ3v) is 3.22. The maximum atomic E-state index is 13.4. The average molecular weight is 297 g/mol. The Morgan fingerprint density at radius 2 is 2.33 bits per heavy atom. The van der Waals surface area contributed by atoms with Gasteiger partial charge in [0.2, 0.25) is 5.91 Å².